The van der Waals surface area contributed by atoms with Crippen LogP contribution >= 0.6 is 0 Å². The van der Waals surface area contributed by atoms with Crippen molar-refractivity contribution in [3.63, 3.8) is 0 Å². The molecule has 0 bridgehead atoms. The molecule has 0 aliphatic carbocycles. The number of urea groups is 1. The highest BCUT2D eigenvalue weighted by Gasteiger charge is 2.13. The summed E-state index contributed by atoms with van der Waals surface area (Å²) in [7, 11) is 1.55. The van der Waals surface area contributed by atoms with Crippen molar-refractivity contribution >= 4 is 6.03 Å². The molecule has 1 unspecified atom stereocenters. The third-order valence-electron chi connectivity index (χ3n) is 1.88. The fraction of sp³-hybridized carbons (Fsp3) is 0.700. The van der Waals surface area contributed by atoms with Crippen molar-refractivity contribution in [2.75, 3.05) is 26.8 Å². The first-order valence-corrected chi connectivity index (χ1v) is 4.70. The molecule has 80 valence electrons. The van der Waals surface area contributed by atoms with E-state index in [1.165, 1.54) is 0 Å². The number of ether oxygens (including phenoxy) is 1. The van der Waals surface area contributed by atoms with Crippen molar-refractivity contribution in [2.24, 2.45) is 0 Å². The summed E-state index contributed by atoms with van der Waals surface area (Å²) in [4.78, 5) is 13.2. The summed E-state index contributed by atoms with van der Waals surface area (Å²) < 4.78 is 4.87. The zero-order chi connectivity index (χ0) is 11.0. The second kappa shape index (κ2) is 7.22. The van der Waals surface area contributed by atoms with Gasteiger partial charge in [0, 0.05) is 20.2 Å². The molecular formula is C10H18N2O2. The maximum Gasteiger partial charge on any atom is 0.318 e. The Morgan fingerprint density at radius 3 is 2.50 bits per heavy atom. The minimum Gasteiger partial charge on any atom is -0.382 e. The Hall–Kier alpha value is -1.21. The van der Waals surface area contributed by atoms with E-state index in [2.05, 4.69) is 11.2 Å². The fourth-order valence-corrected chi connectivity index (χ4v) is 1.05. The van der Waals surface area contributed by atoms with Crippen LogP contribution in [0.2, 0.25) is 0 Å². The third kappa shape index (κ3) is 4.15. The molecule has 2 amide bonds. The van der Waals surface area contributed by atoms with E-state index < -0.39 is 0 Å². The number of methoxy groups -OCH3 is 1. The van der Waals surface area contributed by atoms with Gasteiger partial charge in [0.25, 0.3) is 0 Å². The smallest absolute Gasteiger partial charge is 0.318 e. The minimum absolute atomic E-state index is 0.144. The Morgan fingerprint density at radius 1 is 1.57 bits per heavy atom. The van der Waals surface area contributed by atoms with Crippen LogP contribution in [0.5, 0.6) is 0 Å². The number of nitrogens with zero attached hydrogens (tertiary/aromatic N) is 1. The molecular weight excluding hydrogens is 180 g/mol. The number of carbonyl (C=O) groups excluding carboxylic acids is 1. The van der Waals surface area contributed by atoms with Crippen molar-refractivity contribution in [3.8, 4) is 12.3 Å². The molecule has 0 saturated carbocycles. The highest BCUT2D eigenvalue weighted by atomic mass is 16.5. The van der Waals surface area contributed by atoms with Gasteiger partial charge < -0.3 is 15.0 Å². The fourth-order valence-electron chi connectivity index (χ4n) is 1.05. The predicted molar refractivity (Wildman–Crippen MR) is 55.9 cm³/mol. The van der Waals surface area contributed by atoms with Crippen molar-refractivity contribution in [1.29, 1.82) is 0 Å². The zero-order valence-electron chi connectivity index (χ0n) is 9.04. The number of terminal acetylenes is 1. The lowest BCUT2D eigenvalue weighted by Crippen LogP contribution is -2.45. The lowest BCUT2D eigenvalue weighted by Gasteiger charge is -2.21. The second-order valence-corrected chi connectivity index (χ2v) is 2.80. The first kappa shape index (κ1) is 12.8. The molecule has 1 atom stereocenters. The van der Waals surface area contributed by atoms with E-state index in [9.17, 15) is 4.79 Å². The Balaban J connectivity index is 4.08. The summed E-state index contributed by atoms with van der Waals surface area (Å²) in [6.07, 6.45) is 5.23. The summed E-state index contributed by atoms with van der Waals surface area (Å²) in [5.41, 5.74) is 0. The van der Waals surface area contributed by atoms with Crippen LogP contribution in [0, 0.1) is 12.3 Å². The van der Waals surface area contributed by atoms with E-state index in [-0.39, 0.29) is 12.1 Å². The van der Waals surface area contributed by atoms with Gasteiger partial charge in [0.15, 0.2) is 0 Å². The number of amides is 2. The molecule has 1 N–H and O–H groups in total. The normalized spacial score (nSPS) is 11.6. The van der Waals surface area contributed by atoms with Crippen LogP contribution in [0.3, 0.4) is 0 Å². The maximum absolute atomic E-state index is 11.5. The standard InChI is InChI=1S/C10H18N2O2/c1-5-9(8-14-4)11-10(13)12(6-2)7-3/h1,9H,6-8H2,2-4H3,(H,11,13). The Morgan fingerprint density at radius 2 is 2.14 bits per heavy atom. The van der Waals surface area contributed by atoms with E-state index in [1.54, 1.807) is 12.0 Å². The van der Waals surface area contributed by atoms with E-state index in [1.807, 2.05) is 13.8 Å². The predicted octanol–water partition coefficient (Wildman–Crippen LogP) is 0.686. The summed E-state index contributed by atoms with van der Waals surface area (Å²) in [5, 5.41) is 2.70. The topological polar surface area (TPSA) is 41.6 Å². The minimum atomic E-state index is -0.354. The molecule has 4 nitrogen and oxygen atoms in total. The van der Waals surface area contributed by atoms with Gasteiger partial charge in [-0.25, -0.2) is 4.79 Å². The largest absolute Gasteiger partial charge is 0.382 e. The molecule has 0 saturated heterocycles. The average molecular weight is 198 g/mol. The van der Waals surface area contributed by atoms with E-state index >= 15 is 0 Å². The SMILES string of the molecule is C#CC(COC)NC(=O)N(CC)CC. The number of hydrogen-bond donors (Lipinski definition) is 1. The third-order valence-corrected chi connectivity index (χ3v) is 1.88. The molecule has 0 radical (unpaired) electrons. The number of nitrogens with one attached hydrogen (secondary N) is 1. The van der Waals surface area contributed by atoms with Crippen LogP contribution in [0.1, 0.15) is 13.8 Å². The first-order chi connectivity index (χ1) is 6.69. The van der Waals surface area contributed by atoms with Crippen LogP contribution < -0.4 is 5.32 Å². The molecule has 0 aromatic rings. The van der Waals surface area contributed by atoms with E-state index in [0.29, 0.717) is 19.7 Å². The molecule has 0 spiro atoms. The number of carbonyl (C=O) groups is 1. The van der Waals surface area contributed by atoms with Crippen LogP contribution in [0.4, 0.5) is 4.79 Å². The molecule has 4 heteroatoms. The number of hydrogen-bond acceptors (Lipinski definition) is 2. The molecule has 14 heavy (non-hydrogen) atoms. The van der Waals surface area contributed by atoms with Gasteiger partial charge in [0.1, 0.15) is 6.04 Å². The Kier molecular flexibility index (Phi) is 6.59. The maximum atomic E-state index is 11.5. The highest BCUT2D eigenvalue weighted by molar-refractivity contribution is 5.74. The Bertz CT molecular complexity index is 207. The van der Waals surface area contributed by atoms with Crippen molar-refractivity contribution < 1.29 is 9.53 Å². The molecule has 0 rings (SSSR count). The van der Waals surface area contributed by atoms with Gasteiger partial charge in [-0.05, 0) is 13.8 Å². The van der Waals surface area contributed by atoms with Gasteiger partial charge in [-0.1, -0.05) is 5.92 Å². The molecule has 0 fully saturated rings. The summed E-state index contributed by atoms with van der Waals surface area (Å²) in [6, 6.07) is -0.497. The molecule has 0 aliphatic heterocycles. The van der Waals surface area contributed by atoms with Gasteiger partial charge in [0.2, 0.25) is 0 Å². The molecule has 0 aromatic carbocycles. The summed E-state index contributed by atoms with van der Waals surface area (Å²) in [6.45, 7) is 5.53. The van der Waals surface area contributed by atoms with Crippen molar-refractivity contribution in [1.82, 2.24) is 10.2 Å². The molecule has 0 aliphatic rings. The number of rotatable bonds is 5. The summed E-state index contributed by atoms with van der Waals surface area (Å²) >= 11 is 0. The van der Waals surface area contributed by atoms with Gasteiger partial charge in [-0.2, -0.15) is 0 Å². The van der Waals surface area contributed by atoms with Crippen LogP contribution in [-0.2, 0) is 4.74 Å². The highest BCUT2D eigenvalue weighted by Crippen LogP contribution is 1.91. The van der Waals surface area contributed by atoms with Gasteiger partial charge in [-0.3, -0.25) is 0 Å². The quantitative estimate of drug-likeness (QED) is 0.660. The van der Waals surface area contributed by atoms with E-state index in [4.69, 9.17) is 11.2 Å². The van der Waals surface area contributed by atoms with Crippen molar-refractivity contribution in [2.45, 2.75) is 19.9 Å². The lowest BCUT2D eigenvalue weighted by molar-refractivity contribution is 0.170. The molecule has 0 aromatic heterocycles. The molecule has 0 heterocycles. The second-order valence-electron chi connectivity index (χ2n) is 2.80. The monoisotopic (exact) mass is 198 g/mol. The average Bonchev–Trinajstić information content (AvgIpc) is 2.19. The van der Waals surface area contributed by atoms with Crippen LogP contribution in [-0.4, -0.2) is 43.8 Å². The zero-order valence-corrected chi connectivity index (χ0v) is 9.04. The summed E-state index contributed by atoms with van der Waals surface area (Å²) in [5.74, 6) is 2.45. The van der Waals surface area contributed by atoms with Gasteiger partial charge in [-0.15, -0.1) is 6.42 Å². The first-order valence-electron chi connectivity index (χ1n) is 4.70. The van der Waals surface area contributed by atoms with Crippen molar-refractivity contribution in [3.05, 3.63) is 0 Å². The van der Waals surface area contributed by atoms with Gasteiger partial charge >= 0.3 is 6.03 Å². The Labute approximate surface area is 85.6 Å². The van der Waals surface area contributed by atoms with Gasteiger partial charge in [0.05, 0.1) is 6.61 Å². The van der Waals surface area contributed by atoms with Crippen LogP contribution in [0.25, 0.3) is 0 Å². The van der Waals surface area contributed by atoms with Crippen LogP contribution in [0.15, 0.2) is 0 Å². The van der Waals surface area contributed by atoms with E-state index in [0.717, 1.165) is 0 Å². The lowest BCUT2D eigenvalue weighted by atomic mass is 10.3.